The number of pyridine rings is 2. The van der Waals surface area contributed by atoms with Crippen LogP contribution in [0, 0.1) is 0 Å². The van der Waals surface area contributed by atoms with E-state index < -0.39 is 0 Å². The molecule has 3 aromatic heterocycles. The average Bonchev–Trinajstić information content (AvgIpc) is 3.73. The lowest BCUT2D eigenvalue weighted by Gasteiger charge is -2.11. The van der Waals surface area contributed by atoms with Crippen LogP contribution in [-0.2, 0) is 6.54 Å². The monoisotopic (exact) mass is 769 g/mol. The molecular weight excluding hydrogens is 731 g/mol. The second-order valence-corrected chi connectivity index (χ2v) is 14.8. The van der Waals surface area contributed by atoms with Crippen LogP contribution in [0.1, 0.15) is 16.7 Å². The standard InChI is InChI=1S/C55H39N5/c1-56-50(36-51(44-30-26-42(27-31-44)40-15-6-3-7-16-40)57-37-38-22-24-41(25-23-38)39-13-4-2-5-14-39)47-18-12-17-46(35-47)43-28-32-45(33-29-43)53-55-54(48-19-8-9-20-49(48)58-53)59-52-21-10-11-34-60(52)55/h2-36H,1,37H2/b50-36-,57-51?. The van der Waals surface area contributed by atoms with E-state index in [-0.39, 0.29) is 0 Å². The molecule has 0 aliphatic rings. The molecule has 0 spiro atoms. The van der Waals surface area contributed by atoms with E-state index in [1.54, 1.807) is 0 Å². The maximum Gasteiger partial charge on any atom is 0.137 e. The Labute approximate surface area is 349 Å². The number of aliphatic imine (C=N–C) groups is 2. The number of para-hydroxylation sites is 1. The summed E-state index contributed by atoms with van der Waals surface area (Å²) in [5, 5.41) is 1.04. The van der Waals surface area contributed by atoms with Crippen molar-refractivity contribution in [1.82, 2.24) is 14.4 Å². The summed E-state index contributed by atoms with van der Waals surface area (Å²) in [6, 6.07) is 69.5. The van der Waals surface area contributed by atoms with Crippen molar-refractivity contribution in [2.24, 2.45) is 9.98 Å². The molecule has 284 valence electrons. The van der Waals surface area contributed by atoms with Crippen molar-refractivity contribution in [3.8, 4) is 44.6 Å². The normalized spacial score (nSPS) is 12.0. The quantitative estimate of drug-likeness (QED) is 0.130. The van der Waals surface area contributed by atoms with Gasteiger partial charge in [0.1, 0.15) is 11.2 Å². The SMILES string of the molecule is C=N/C(=C\C(=NCc1ccc(-c2ccccc2)cc1)c1ccc(-c2ccccc2)cc1)c1cccc(-c2ccc(-c3nc4ccccc4c4nc5ccccn5c34)cc2)c1. The summed E-state index contributed by atoms with van der Waals surface area (Å²) in [6.45, 7) is 4.54. The minimum Gasteiger partial charge on any atom is -0.298 e. The van der Waals surface area contributed by atoms with Crippen molar-refractivity contribution >= 4 is 45.7 Å². The van der Waals surface area contributed by atoms with E-state index in [0.717, 1.165) is 83.6 Å². The summed E-state index contributed by atoms with van der Waals surface area (Å²) in [7, 11) is 0. The lowest BCUT2D eigenvalue weighted by atomic mass is 9.98. The van der Waals surface area contributed by atoms with Gasteiger partial charge in [-0.15, -0.1) is 0 Å². The minimum atomic E-state index is 0.519. The molecule has 0 aliphatic carbocycles. The molecule has 0 aliphatic heterocycles. The molecule has 0 bridgehead atoms. The number of hydrogen-bond acceptors (Lipinski definition) is 4. The molecule has 3 heterocycles. The molecule has 0 amide bonds. The Morgan fingerprint density at radius 3 is 1.82 bits per heavy atom. The summed E-state index contributed by atoms with van der Waals surface area (Å²) < 4.78 is 2.13. The maximum atomic E-state index is 5.20. The number of aromatic nitrogens is 3. The zero-order valence-corrected chi connectivity index (χ0v) is 32.9. The lowest BCUT2D eigenvalue weighted by molar-refractivity contribution is 1.07. The van der Waals surface area contributed by atoms with Gasteiger partial charge in [0.2, 0.25) is 0 Å². The second-order valence-electron chi connectivity index (χ2n) is 14.8. The first-order valence-electron chi connectivity index (χ1n) is 20.1. The van der Waals surface area contributed by atoms with Crippen LogP contribution >= 0.6 is 0 Å². The Hall–Kier alpha value is -8.02. The van der Waals surface area contributed by atoms with Gasteiger partial charge < -0.3 is 0 Å². The van der Waals surface area contributed by atoms with Crippen molar-refractivity contribution in [3.05, 3.63) is 229 Å². The molecule has 0 N–H and O–H groups in total. The number of nitrogens with zero attached hydrogens (tertiary/aromatic N) is 5. The lowest BCUT2D eigenvalue weighted by Crippen LogP contribution is -2.00. The Morgan fingerprint density at radius 2 is 1.10 bits per heavy atom. The minimum absolute atomic E-state index is 0.519. The molecule has 0 saturated carbocycles. The van der Waals surface area contributed by atoms with Crippen LogP contribution in [0.2, 0.25) is 0 Å². The highest BCUT2D eigenvalue weighted by Crippen LogP contribution is 2.34. The number of rotatable bonds is 10. The largest absolute Gasteiger partial charge is 0.298 e. The van der Waals surface area contributed by atoms with E-state index >= 15 is 0 Å². The summed E-state index contributed by atoms with van der Waals surface area (Å²) in [6.07, 6.45) is 4.11. The van der Waals surface area contributed by atoms with Crippen LogP contribution in [0.3, 0.4) is 0 Å². The number of benzene rings is 7. The second kappa shape index (κ2) is 16.1. The van der Waals surface area contributed by atoms with Gasteiger partial charge in [-0.05, 0) is 81.6 Å². The van der Waals surface area contributed by atoms with E-state index in [4.69, 9.17) is 15.0 Å². The number of fused-ring (bicyclic) bond motifs is 5. The van der Waals surface area contributed by atoms with Gasteiger partial charge in [-0.3, -0.25) is 14.4 Å². The van der Waals surface area contributed by atoms with E-state index in [1.807, 2.05) is 42.5 Å². The van der Waals surface area contributed by atoms with E-state index in [1.165, 1.54) is 16.7 Å². The first-order chi connectivity index (χ1) is 29.7. The highest BCUT2D eigenvalue weighted by Gasteiger charge is 2.16. The van der Waals surface area contributed by atoms with Gasteiger partial charge in [-0.25, -0.2) is 9.97 Å². The van der Waals surface area contributed by atoms with Crippen molar-refractivity contribution in [2.75, 3.05) is 0 Å². The topological polar surface area (TPSA) is 54.9 Å². The zero-order chi connectivity index (χ0) is 40.3. The maximum absolute atomic E-state index is 5.20. The first-order valence-corrected chi connectivity index (χ1v) is 20.1. The smallest absolute Gasteiger partial charge is 0.137 e. The number of imidazole rings is 1. The molecule has 0 radical (unpaired) electrons. The van der Waals surface area contributed by atoms with Crippen LogP contribution in [0.4, 0.5) is 0 Å². The molecule has 0 atom stereocenters. The highest BCUT2D eigenvalue weighted by atomic mass is 15.0. The fourth-order valence-electron chi connectivity index (χ4n) is 7.88. The van der Waals surface area contributed by atoms with Gasteiger partial charge in [-0.2, -0.15) is 0 Å². The van der Waals surface area contributed by atoms with Gasteiger partial charge in [0.05, 0.1) is 34.7 Å². The Kier molecular flexibility index (Phi) is 9.74. The number of allylic oxidation sites excluding steroid dienone is 1. The van der Waals surface area contributed by atoms with Gasteiger partial charge in [0.25, 0.3) is 0 Å². The van der Waals surface area contributed by atoms with Crippen LogP contribution < -0.4 is 0 Å². The molecule has 0 saturated heterocycles. The third-order valence-corrected chi connectivity index (χ3v) is 11.0. The van der Waals surface area contributed by atoms with E-state index in [9.17, 15) is 0 Å². The third-order valence-electron chi connectivity index (χ3n) is 11.0. The van der Waals surface area contributed by atoms with Gasteiger partial charge in [0.15, 0.2) is 0 Å². The fraction of sp³-hybridized carbons (Fsp3) is 0.0182. The summed E-state index contributed by atoms with van der Waals surface area (Å²) in [4.78, 5) is 20.0. The molecule has 10 aromatic rings. The van der Waals surface area contributed by atoms with Gasteiger partial charge >= 0.3 is 0 Å². The van der Waals surface area contributed by atoms with Crippen LogP contribution in [0.25, 0.3) is 77.9 Å². The molecule has 10 rings (SSSR count). The van der Waals surface area contributed by atoms with Crippen LogP contribution in [0.5, 0.6) is 0 Å². The Bertz CT molecular complexity index is 3200. The van der Waals surface area contributed by atoms with E-state index in [2.05, 4.69) is 186 Å². The fourth-order valence-corrected chi connectivity index (χ4v) is 7.88. The summed E-state index contributed by atoms with van der Waals surface area (Å²) in [5.41, 5.74) is 17.2. The van der Waals surface area contributed by atoms with Crippen molar-refractivity contribution < 1.29 is 0 Å². The number of hydrogen-bond donors (Lipinski definition) is 0. The molecule has 7 aromatic carbocycles. The van der Waals surface area contributed by atoms with Gasteiger partial charge in [0, 0.05) is 22.7 Å². The Balaban J connectivity index is 0.983. The zero-order valence-electron chi connectivity index (χ0n) is 32.9. The molecule has 60 heavy (non-hydrogen) atoms. The highest BCUT2D eigenvalue weighted by molar-refractivity contribution is 6.13. The van der Waals surface area contributed by atoms with Crippen molar-refractivity contribution in [2.45, 2.75) is 6.54 Å². The van der Waals surface area contributed by atoms with Crippen LogP contribution in [0.15, 0.2) is 222 Å². The van der Waals surface area contributed by atoms with Gasteiger partial charge in [-0.1, -0.05) is 176 Å². The molecular formula is C55H39N5. The molecule has 0 fully saturated rings. The first kappa shape index (κ1) is 36.3. The summed E-state index contributed by atoms with van der Waals surface area (Å²) >= 11 is 0. The average molecular weight is 770 g/mol. The Morgan fingerprint density at radius 1 is 0.517 bits per heavy atom. The summed E-state index contributed by atoms with van der Waals surface area (Å²) in [5.74, 6) is 0. The van der Waals surface area contributed by atoms with Crippen molar-refractivity contribution in [1.29, 1.82) is 0 Å². The molecule has 0 unspecified atom stereocenters. The molecule has 5 heteroatoms. The molecule has 5 nitrogen and oxygen atoms in total. The van der Waals surface area contributed by atoms with Crippen LogP contribution in [-0.4, -0.2) is 26.8 Å². The third kappa shape index (κ3) is 7.21. The van der Waals surface area contributed by atoms with E-state index in [0.29, 0.717) is 6.54 Å². The predicted molar refractivity (Wildman–Crippen MR) is 250 cm³/mol. The van der Waals surface area contributed by atoms with Crippen molar-refractivity contribution in [3.63, 3.8) is 0 Å². The predicted octanol–water partition coefficient (Wildman–Crippen LogP) is 13.4.